The van der Waals surface area contributed by atoms with Gasteiger partial charge in [0.15, 0.2) is 0 Å². The molecule has 0 aliphatic carbocycles. The Balaban J connectivity index is 1.65. The highest BCUT2D eigenvalue weighted by atomic mass is 16.3. The van der Waals surface area contributed by atoms with Gasteiger partial charge in [-0.3, -0.25) is 9.88 Å². The van der Waals surface area contributed by atoms with Crippen LogP contribution in [-0.2, 0) is 6.54 Å². The first-order chi connectivity index (χ1) is 11.1. The maximum absolute atomic E-state index is 9.90. The number of hydrogen-bond acceptors (Lipinski definition) is 5. The Bertz CT molecular complexity index is 647. The second kappa shape index (κ2) is 7.15. The van der Waals surface area contributed by atoms with Gasteiger partial charge in [-0.1, -0.05) is 0 Å². The first-order valence-corrected chi connectivity index (χ1v) is 8.30. The summed E-state index contributed by atoms with van der Waals surface area (Å²) < 4.78 is 5.86. The summed E-state index contributed by atoms with van der Waals surface area (Å²) in [6.45, 7) is 7.47. The average Bonchev–Trinajstić information content (AvgIpc) is 3.19. The Hall–Kier alpha value is -1.85. The van der Waals surface area contributed by atoms with Crippen molar-refractivity contribution in [2.24, 2.45) is 0 Å². The summed E-state index contributed by atoms with van der Waals surface area (Å²) >= 11 is 0. The molecule has 0 radical (unpaired) electrons. The molecule has 0 bridgehead atoms. The third-order valence-corrected chi connectivity index (χ3v) is 4.39. The second-order valence-electron chi connectivity index (χ2n) is 6.26. The van der Waals surface area contributed by atoms with Crippen LogP contribution in [0.1, 0.15) is 41.8 Å². The van der Waals surface area contributed by atoms with Gasteiger partial charge < -0.3 is 14.8 Å². The van der Waals surface area contributed by atoms with Gasteiger partial charge in [-0.25, -0.2) is 0 Å². The van der Waals surface area contributed by atoms with E-state index in [-0.39, 0.29) is 11.8 Å². The first kappa shape index (κ1) is 16.0. The minimum Gasteiger partial charge on any atom is -0.506 e. The molecule has 0 aromatic carbocycles. The van der Waals surface area contributed by atoms with Crippen LogP contribution in [0.3, 0.4) is 0 Å². The van der Waals surface area contributed by atoms with Crippen molar-refractivity contribution in [2.75, 3.05) is 19.6 Å². The molecule has 2 aromatic rings. The highest BCUT2D eigenvalue weighted by molar-refractivity contribution is 5.27. The molecule has 3 heterocycles. The molecule has 124 valence electrons. The van der Waals surface area contributed by atoms with Crippen LogP contribution < -0.4 is 5.32 Å². The molecular weight excluding hydrogens is 290 g/mol. The van der Waals surface area contributed by atoms with E-state index in [4.69, 9.17) is 4.42 Å². The number of nitrogens with zero attached hydrogens (tertiary/aromatic N) is 2. The number of nitrogens with one attached hydrogen (secondary N) is 1. The molecular formula is C18H25N3O2. The minimum absolute atomic E-state index is 0.234. The van der Waals surface area contributed by atoms with Gasteiger partial charge in [0.2, 0.25) is 0 Å². The van der Waals surface area contributed by atoms with Crippen LogP contribution in [0.4, 0.5) is 0 Å². The van der Waals surface area contributed by atoms with Crippen molar-refractivity contribution in [1.82, 2.24) is 15.2 Å². The van der Waals surface area contributed by atoms with E-state index in [1.165, 1.54) is 12.8 Å². The smallest absolute Gasteiger partial charge is 0.138 e. The zero-order valence-electron chi connectivity index (χ0n) is 13.9. The summed E-state index contributed by atoms with van der Waals surface area (Å²) in [4.78, 5) is 6.86. The molecule has 3 rings (SSSR count). The van der Waals surface area contributed by atoms with Gasteiger partial charge in [0.05, 0.1) is 11.7 Å². The molecule has 0 spiro atoms. The average molecular weight is 315 g/mol. The molecule has 5 nitrogen and oxygen atoms in total. The molecule has 1 aliphatic heterocycles. The fourth-order valence-corrected chi connectivity index (χ4v) is 3.16. The van der Waals surface area contributed by atoms with Gasteiger partial charge >= 0.3 is 0 Å². The summed E-state index contributed by atoms with van der Waals surface area (Å²) in [6.07, 6.45) is 2.49. The van der Waals surface area contributed by atoms with Crippen LogP contribution in [0.15, 0.2) is 28.7 Å². The predicted molar refractivity (Wildman–Crippen MR) is 89.3 cm³/mol. The number of furan rings is 1. The number of likely N-dealkylation sites (tertiary alicyclic amines) is 1. The van der Waals surface area contributed by atoms with Crippen molar-refractivity contribution in [3.8, 4) is 5.75 Å². The lowest BCUT2D eigenvalue weighted by molar-refractivity contribution is 0.207. The Morgan fingerprint density at radius 1 is 1.22 bits per heavy atom. The highest BCUT2D eigenvalue weighted by Gasteiger charge is 2.25. The molecule has 1 atom stereocenters. The lowest BCUT2D eigenvalue weighted by atomic mass is 10.2. The zero-order valence-corrected chi connectivity index (χ0v) is 13.9. The van der Waals surface area contributed by atoms with Gasteiger partial charge in [-0.05, 0) is 64.0 Å². The zero-order chi connectivity index (χ0) is 16.2. The first-order valence-electron chi connectivity index (χ1n) is 8.30. The van der Waals surface area contributed by atoms with E-state index in [1.807, 2.05) is 26.0 Å². The molecule has 2 aromatic heterocycles. The number of rotatable bonds is 6. The van der Waals surface area contributed by atoms with Gasteiger partial charge in [-0.15, -0.1) is 0 Å². The second-order valence-corrected chi connectivity index (χ2v) is 6.26. The summed E-state index contributed by atoms with van der Waals surface area (Å²) in [5, 5.41) is 13.3. The largest absolute Gasteiger partial charge is 0.506 e. The third-order valence-electron chi connectivity index (χ3n) is 4.39. The molecule has 2 N–H and O–H groups in total. The molecule has 5 heteroatoms. The normalized spacial score (nSPS) is 16.8. The minimum atomic E-state index is 0.234. The SMILES string of the molecule is Cc1ccc(O)c(CNCC(c2ccc(C)o2)N2CCCC2)n1. The van der Waals surface area contributed by atoms with Crippen molar-refractivity contribution >= 4 is 0 Å². The monoisotopic (exact) mass is 315 g/mol. The van der Waals surface area contributed by atoms with Crippen LogP contribution in [0.25, 0.3) is 0 Å². The highest BCUT2D eigenvalue weighted by Crippen LogP contribution is 2.26. The van der Waals surface area contributed by atoms with E-state index in [9.17, 15) is 5.11 Å². The van der Waals surface area contributed by atoms with Crippen LogP contribution in [0.2, 0.25) is 0 Å². The van der Waals surface area contributed by atoms with Crippen molar-refractivity contribution in [1.29, 1.82) is 0 Å². The lowest BCUT2D eigenvalue weighted by Crippen LogP contribution is -2.33. The number of aromatic hydroxyl groups is 1. The maximum atomic E-state index is 9.90. The van der Waals surface area contributed by atoms with E-state index >= 15 is 0 Å². The van der Waals surface area contributed by atoms with E-state index in [2.05, 4.69) is 21.3 Å². The van der Waals surface area contributed by atoms with E-state index < -0.39 is 0 Å². The Morgan fingerprint density at radius 2 is 2.00 bits per heavy atom. The van der Waals surface area contributed by atoms with E-state index in [0.29, 0.717) is 12.2 Å². The molecule has 1 aliphatic rings. The Kier molecular flexibility index (Phi) is 4.98. The summed E-state index contributed by atoms with van der Waals surface area (Å²) in [7, 11) is 0. The number of aryl methyl sites for hydroxylation is 2. The number of pyridine rings is 1. The van der Waals surface area contributed by atoms with Gasteiger partial charge in [0.1, 0.15) is 17.3 Å². The van der Waals surface area contributed by atoms with Gasteiger partial charge in [-0.2, -0.15) is 0 Å². The van der Waals surface area contributed by atoms with Crippen molar-refractivity contribution < 1.29 is 9.52 Å². The lowest BCUT2D eigenvalue weighted by Gasteiger charge is -2.26. The predicted octanol–water partition coefficient (Wildman–Crippen LogP) is 2.92. The molecule has 0 amide bonds. The maximum Gasteiger partial charge on any atom is 0.138 e. The molecule has 0 saturated carbocycles. The van der Waals surface area contributed by atoms with Gasteiger partial charge in [0.25, 0.3) is 0 Å². The van der Waals surface area contributed by atoms with E-state index in [0.717, 1.165) is 36.8 Å². The van der Waals surface area contributed by atoms with Crippen molar-refractivity contribution in [3.63, 3.8) is 0 Å². The summed E-state index contributed by atoms with van der Waals surface area (Å²) in [6, 6.07) is 7.84. The van der Waals surface area contributed by atoms with Crippen molar-refractivity contribution in [2.45, 2.75) is 39.3 Å². The van der Waals surface area contributed by atoms with Crippen LogP contribution >= 0.6 is 0 Å². The number of hydrogen-bond donors (Lipinski definition) is 2. The summed E-state index contributed by atoms with van der Waals surface area (Å²) in [5.41, 5.74) is 1.61. The Morgan fingerprint density at radius 3 is 2.70 bits per heavy atom. The summed E-state index contributed by atoms with van der Waals surface area (Å²) in [5.74, 6) is 2.20. The van der Waals surface area contributed by atoms with Crippen molar-refractivity contribution in [3.05, 3.63) is 47.2 Å². The molecule has 1 fully saturated rings. The van der Waals surface area contributed by atoms with Crippen LogP contribution in [0.5, 0.6) is 5.75 Å². The fraction of sp³-hybridized carbons (Fsp3) is 0.500. The standard InChI is InChI=1S/C18H25N3O2/c1-13-5-7-17(22)15(20-13)11-19-12-16(21-9-3-4-10-21)18-8-6-14(2)23-18/h5-8,16,19,22H,3-4,9-12H2,1-2H3. The fourth-order valence-electron chi connectivity index (χ4n) is 3.16. The number of aromatic nitrogens is 1. The molecule has 1 unspecified atom stereocenters. The molecule has 1 saturated heterocycles. The third kappa shape index (κ3) is 3.92. The topological polar surface area (TPSA) is 61.5 Å². The van der Waals surface area contributed by atoms with Crippen LogP contribution in [-0.4, -0.2) is 34.6 Å². The van der Waals surface area contributed by atoms with Gasteiger partial charge in [0, 0.05) is 18.8 Å². The molecule has 23 heavy (non-hydrogen) atoms. The van der Waals surface area contributed by atoms with Crippen LogP contribution in [0, 0.1) is 13.8 Å². The Labute approximate surface area is 137 Å². The quantitative estimate of drug-likeness (QED) is 0.858. The van der Waals surface area contributed by atoms with E-state index in [1.54, 1.807) is 6.07 Å².